The number of thiophene rings is 1. The highest BCUT2D eigenvalue weighted by Gasteiger charge is 2.35. The van der Waals surface area contributed by atoms with E-state index in [-0.39, 0.29) is 5.54 Å². The highest BCUT2D eigenvalue weighted by atomic mass is 79.9. The Hall–Kier alpha value is 0.100. The Labute approximate surface area is 142 Å². The maximum atomic E-state index is 6.24. The van der Waals surface area contributed by atoms with Crippen molar-refractivity contribution in [1.29, 1.82) is 0 Å². The first-order chi connectivity index (χ1) is 10.1. The van der Waals surface area contributed by atoms with Gasteiger partial charge in [0.1, 0.15) is 0 Å². The van der Waals surface area contributed by atoms with Crippen molar-refractivity contribution in [2.24, 2.45) is 11.7 Å². The molecular formula is C17H29BrN2S. The van der Waals surface area contributed by atoms with Crippen LogP contribution in [0.15, 0.2) is 15.2 Å². The monoisotopic (exact) mass is 372 g/mol. The number of rotatable bonds is 6. The first kappa shape index (κ1) is 17.5. The molecule has 0 amide bonds. The van der Waals surface area contributed by atoms with E-state index in [0.29, 0.717) is 0 Å². The van der Waals surface area contributed by atoms with Gasteiger partial charge in [0.15, 0.2) is 0 Å². The second kappa shape index (κ2) is 8.09. The smallest absolute Gasteiger partial charge is 0.0701 e. The van der Waals surface area contributed by atoms with E-state index in [1.165, 1.54) is 54.3 Å². The maximum absolute atomic E-state index is 6.24. The van der Waals surface area contributed by atoms with Crippen molar-refractivity contribution in [2.45, 2.75) is 64.0 Å². The number of likely N-dealkylation sites (N-methyl/N-ethyl adjacent to an activating group) is 1. The van der Waals surface area contributed by atoms with Gasteiger partial charge in [-0.2, -0.15) is 0 Å². The Bertz CT molecular complexity index is 434. The van der Waals surface area contributed by atoms with Gasteiger partial charge in [-0.05, 0) is 65.2 Å². The Kier molecular flexibility index (Phi) is 6.73. The molecule has 2 unspecified atom stereocenters. The molecule has 0 saturated heterocycles. The van der Waals surface area contributed by atoms with E-state index in [2.05, 4.69) is 46.2 Å². The summed E-state index contributed by atoms with van der Waals surface area (Å²) < 4.78 is 1.22. The van der Waals surface area contributed by atoms with Crippen LogP contribution < -0.4 is 5.73 Å². The highest BCUT2D eigenvalue weighted by Crippen LogP contribution is 2.36. The minimum atomic E-state index is 0.205. The van der Waals surface area contributed by atoms with Crippen LogP contribution in [0.2, 0.25) is 0 Å². The van der Waals surface area contributed by atoms with Gasteiger partial charge < -0.3 is 5.73 Å². The summed E-state index contributed by atoms with van der Waals surface area (Å²) in [7, 11) is 2.26. The molecule has 1 aromatic heterocycles. The normalized spacial score (nSPS) is 27.0. The van der Waals surface area contributed by atoms with Crippen LogP contribution in [0.1, 0.15) is 57.4 Å². The van der Waals surface area contributed by atoms with Crippen LogP contribution in [0.4, 0.5) is 0 Å². The quantitative estimate of drug-likeness (QED) is 0.710. The van der Waals surface area contributed by atoms with Crippen LogP contribution in [-0.4, -0.2) is 24.0 Å². The van der Waals surface area contributed by atoms with Crippen LogP contribution >= 0.6 is 27.3 Å². The third kappa shape index (κ3) is 4.54. The fraction of sp³-hybridized carbons (Fsp3) is 0.765. The molecule has 1 heterocycles. The number of halogens is 1. The summed E-state index contributed by atoms with van der Waals surface area (Å²) in [6.07, 6.45) is 9.30. The zero-order valence-corrected chi connectivity index (χ0v) is 15.8. The van der Waals surface area contributed by atoms with E-state index < -0.39 is 0 Å². The van der Waals surface area contributed by atoms with Crippen molar-refractivity contribution < 1.29 is 0 Å². The van der Waals surface area contributed by atoms with Crippen LogP contribution in [0, 0.1) is 5.92 Å². The Morgan fingerprint density at radius 1 is 1.43 bits per heavy atom. The molecular weight excluding hydrogens is 344 g/mol. The summed E-state index contributed by atoms with van der Waals surface area (Å²) in [4.78, 5) is 2.52. The lowest BCUT2D eigenvalue weighted by molar-refractivity contribution is 0.0984. The van der Waals surface area contributed by atoms with Gasteiger partial charge in [-0.25, -0.2) is 0 Å². The van der Waals surface area contributed by atoms with Crippen molar-refractivity contribution in [1.82, 2.24) is 4.90 Å². The van der Waals surface area contributed by atoms with Crippen LogP contribution in [0.3, 0.4) is 0 Å². The molecule has 0 bridgehead atoms. The molecule has 2 N–H and O–H groups in total. The molecule has 1 aliphatic rings. The summed E-state index contributed by atoms with van der Waals surface area (Å²) in [6, 6.07) is 2.24. The van der Waals surface area contributed by atoms with E-state index in [4.69, 9.17) is 5.73 Å². The molecule has 2 nitrogen and oxygen atoms in total. The molecule has 0 spiro atoms. The predicted octanol–water partition coefficient (Wildman–Crippen LogP) is 5.02. The summed E-state index contributed by atoms with van der Waals surface area (Å²) in [5.74, 6) is 0.923. The van der Waals surface area contributed by atoms with E-state index in [1.54, 1.807) is 11.3 Å². The molecule has 0 aliphatic heterocycles. The first-order valence-electron chi connectivity index (χ1n) is 8.24. The molecule has 1 aromatic rings. The second-order valence-corrected chi connectivity index (χ2v) is 8.92. The minimum Gasteiger partial charge on any atom is -0.329 e. The zero-order chi connectivity index (χ0) is 15.3. The van der Waals surface area contributed by atoms with Gasteiger partial charge in [0, 0.05) is 18.6 Å². The SMILES string of the molecule is CCCC1CCCC(CN)(N(C)Cc2csc(Br)c2)CC1. The standard InChI is InChI=1S/C17H29BrN2S/c1-3-5-14-6-4-8-17(13-19,9-7-14)20(2)11-15-10-16(18)21-12-15/h10,12,14H,3-9,11,13,19H2,1-2H3. The molecule has 1 fully saturated rings. The third-order valence-corrected chi connectivity index (χ3v) is 6.75. The topological polar surface area (TPSA) is 29.3 Å². The van der Waals surface area contributed by atoms with Crippen LogP contribution in [0.25, 0.3) is 0 Å². The summed E-state index contributed by atoms with van der Waals surface area (Å²) >= 11 is 5.33. The van der Waals surface area contributed by atoms with Gasteiger partial charge in [0.2, 0.25) is 0 Å². The third-order valence-electron chi connectivity index (χ3n) is 5.20. The zero-order valence-electron chi connectivity index (χ0n) is 13.4. The van der Waals surface area contributed by atoms with Crippen molar-refractivity contribution in [2.75, 3.05) is 13.6 Å². The molecule has 1 aliphatic carbocycles. The lowest BCUT2D eigenvalue weighted by Crippen LogP contribution is -2.51. The van der Waals surface area contributed by atoms with Gasteiger partial charge in [-0.15, -0.1) is 11.3 Å². The molecule has 1 saturated carbocycles. The largest absolute Gasteiger partial charge is 0.329 e. The van der Waals surface area contributed by atoms with Crippen molar-refractivity contribution in [3.63, 3.8) is 0 Å². The minimum absolute atomic E-state index is 0.205. The average Bonchev–Trinajstić information content (AvgIpc) is 2.75. The van der Waals surface area contributed by atoms with Crippen molar-refractivity contribution >= 4 is 27.3 Å². The fourth-order valence-corrected chi connectivity index (χ4v) is 4.97. The molecule has 4 heteroatoms. The van der Waals surface area contributed by atoms with Gasteiger partial charge >= 0.3 is 0 Å². The van der Waals surface area contributed by atoms with Gasteiger partial charge in [-0.3, -0.25) is 4.90 Å². The van der Waals surface area contributed by atoms with E-state index in [1.807, 2.05) is 0 Å². The number of hydrogen-bond donors (Lipinski definition) is 1. The second-order valence-electron chi connectivity index (χ2n) is 6.63. The maximum Gasteiger partial charge on any atom is 0.0701 e. The summed E-state index contributed by atoms with van der Waals surface area (Å²) in [6.45, 7) is 4.10. The predicted molar refractivity (Wildman–Crippen MR) is 96.8 cm³/mol. The van der Waals surface area contributed by atoms with Gasteiger partial charge in [0.05, 0.1) is 3.79 Å². The molecule has 2 atom stereocenters. The number of nitrogens with zero attached hydrogens (tertiary/aromatic N) is 1. The van der Waals surface area contributed by atoms with E-state index in [0.717, 1.165) is 19.0 Å². The summed E-state index contributed by atoms with van der Waals surface area (Å²) in [5, 5.41) is 2.25. The van der Waals surface area contributed by atoms with Crippen molar-refractivity contribution in [3.8, 4) is 0 Å². The van der Waals surface area contributed by atoms with Crippen LogP contribution in [-0.2, 0) is 6.54 Å². The molecule has 120 valence electrons. The molecule has 2 rings (SSSR count). The lowest BCUT2D eigenvalue weighted by atomic mass is 9.87. The Morgan fingerprint density at radius 3 is 2.86 bits per heavy atom. The first-order valence-corrected chi connectivity index (χ1v) is 9.91. The number of nitrogens with two attached hydrogens (primary N) is 1. The van der Waals surface area contributed by atoms with E-state index >= 15 is 0 Å². The van der Waals surface area contributed by atoms with Gasteiger partial charge in [0.25, 0.3) is 0 Å². The molecule has 0 radical (unpaired) electrons. The average molecular weight is 373 g/mol. The van der Waals surface area contributed by atoms with E-state index in [9.17, 15) is 0 Å². The van der Waals surface area contributed by atoms with Gasteiger partial charge in [-0.1, -0.05) is 32.6 Å². The molecule has 21 heavy (non-hydrogen) atoms. The highest BCUT2D eigenvalue weighted by molar-refractivity contribution is 9.11. The number of hydrogen-bond acceptors (Lipinski definition) is 3. The van der Waals surface area contributed by atoms with Crippen molar-refractivity contribution in [3.05, 3.63) is 20.8 Å². The summed E-state index contributed by atoms with van der Waals surface area (Å²) in [5.41, 5.74) is 7.84. The lowest BCUT2D eigenvalue weighted by Gasteiger charge is -2.41. The molecule has 0 aromatic carbocycles. The Balaban J connectivity index is 2.02. The Morgan fingerprint density at radius 2 is 2.24 bits per heavy atom. The fourth-order valence-electron chi connectivity index (χ4n) is 3.77. The van der Waals surface area contributed by atoms with Crippen LogP contribution in [0.5, 0.6) is 0 Å².